The molecule has 3 heteroatoms. The lowest BCUT2D eigenvalue weighted by molar-refractivity contribution is -0.121. The van der Waals surface area contributed by atoms with Crippen LogP contribution in [0.3, 0.4) is 0 Å². The molecule has 1 aromatic rings. The van der Waals surface area contributed by atoms with E-state index in [1.165, 1.54) is 5.56 Å². The third kappa shape index (κ3) is 3.19. The molecular formula is C14H15BrO2. The van der Waals surface area contributed by atoms with Crippen LogP contribution in [0.25, 0.3) is 0 Å². The number of methoxy groups -OCH3 is 1. The zero-order valence-electron chi connectivity index (χ0n) is 9.78. The third-order valence-corrected chi connectivity index (χ3v) is 3.68. The highest BCUT2D eigenvalue weighted by atomic mass is 79.9. The maximum atomic E-state index is 11.8. The summed E-state index contributed by atoms with van der Waals surface area (Å²) in [5.41, 5.74) is 1.17. The molecule has 0 spiro atoms. The van der Waals surface area contributed by atoms with Gasteiger partial charge >= 0.3 is 0 Å². The Kier molecular flexibility index (Phi) is 4.00. The van der Waals surface area contributed by atoms with Gasteiger partial charge in [0.1, 0.15) is 11.5 Å². The number of carbonyl (C=O) groups excluding carboxylic acids is 1. The highest BCUT2D eigenvalue weighted by molar-refractivity contribution is 9.11. The standard InChI is InChI=1S/C14H15BrO2/c1-17-13-5-2-10(3-6-13)8-11-9-12(15)4-7-14(11)16/h2-3,5-6,9,11H,4,7-8H2,1H3. The number of allylic oxidation sites excluding steroid dienone is 2. The van der Waals surface area contributed by atoms with Gasteiger partial charge in [0.15, 0.2) is 0 Å². The second-order valence-electron chi connectivity index (χ2n) is 4.24. The molecule has 1 unspecified atom stereocenters. The van der Waals surface area contributed by atoms with Gasteiger partial charge in [-0.3, -0.25) is 4.79 Å². The van der Waals surface area contributed by atoms with E-state index in [1.807, 2.05) is 30.3 Å². The summed E-state index contributed by atoms with van der Waals surface area (Å²) in [4.78, 5) is 11.8. The van der Waals surface area contributed by atoms with Crippen LogP contribution in [-0.4, -0.2) is 12.9 Å². The van der Waals surface area contributed by atoms with Crippen LogP contribution in [0.2, 0.25) is 0 Å². The monoisotopic (exact) mass is 294 g/mol. The van der Waals surface area contributed by atoms with Gasteiger partial charge in [-0.15, -0.1) is 0 Å². The van der Waals surface area contributed by atoms with Gasteiger partial charge in [0.25, 0.3) is 0 Å². The molecule has 1 aliphatic rings. The molecule has 1 aromatic carbocycles. The highest BCUT2D eigenvalue weighted by Crippen LogP contribution is 2.26. The van der Waals surface area contributed by atoms with E-state index in [0.29, 0.717) is 12.2 Å². The van der Waals surface area contributed by atoms with Crippen molar-refractivity contribution in [3.8, 4) is 5.75 Å². The van der Waals surface area contributed by atoms with Crippen LogP contribution in [0.5, 0.6) is 5.75 Å². The van der Waals surface area contributed by atoms with Crippen LogP contribution in [0.15, 0.2) is 34.8 Å². The molecule has 0 fully saturated rings. The highest BCUT2D eigenvalue weighted by Gasteiger charge is 2.21. The first-order valence-corrected chi connectivity index (χ1v) is 6.50. The summed E-state index contributed by atoms with van der Waals surface area (Å²) >= 11 is 3.48. The fourth-order valence-corrected chi connectivity index (χ4v) is 2.53. The van der Waals surface area contributed by atoms with Crippen molar-refractivity contribution in [2.24, 2.45) is 5.92 Å². The van der Waals surface area contributed by atoms with Gasteiger partial charge in [0, 0.05) is 12.3 Å². The van der Waals surface area contributed by atoms with Crippen molar-refractivity contribution in [3.05, 3.63) is 40.4 Å². The van der Waals surface area contributed by atoms with E-state index in [2.05, 4.69) is 15.9 Å². The van der Waals surface area contributed by atoms with Gasteiger partial charge < -0.3 is 4.74 Å². The number of carbonyl (C=O) groups is 1. The summed E-state index contributed by atoms with van der Waals surface area (Å²) in [7, 11) is 1.65. The van der Waals surface area contributed by atoms with Crippen molar-refractivity contribution < 1.29 is 9.53 Å². The Morgan fingerprint density at radius 1 is 1.29 bits per heavy atom. The summed E-state index contributed by atoms with van der Waals surface area (Å²) in [6.07, 6.45) is 4.31. The van der Waals surface area contributed by atoms with Gasteiger partial charge in [-0.25, -0.2) is 0 Å². The third-order valence-electron chi connectivity index (χ3n) is 3.02. The van der Waals surface area contributed by atoms with Crippen molar-refractivity contribution in [2.75, 3.05) is 7.11 Å². The minimum absolute atomic E-state index is 0.0199. The molecule has 17 heavy (non-hydrogen) atoms. The maximum absolute atomic E-state index is 11.8. The van der Waals surface area contributed by atoms with Gasteiger partial charge in [-0.1, -0.05) is 34.1 Å². The second kappa shape index (κ2) is 5.50. The molecule has 90 valence electrons. The molecule has 0 amide bonds. The summed E-state index contributed by atoms with van der Waals surface area (Å²) in [6, 6.07) is 7.90. The quantitative estimate of drug-likeness (QED) is 0.853. The Hall–Kier alpha value is -1.09. The first-order valence-electron chi connectivity index (χ1n) is 5.71. The minimum atomic E-state index is 0.0199. The predicted molar refractivity (Wildman–Crippen MR) is 71.4 cm³/mol. The molecule has 2 rings (SSSR count). The van der Waals surface area contributed by atoms with Gasteiger partial charge in [0.2, 0.25) is 0 Å². The Morgan fingerprint density at radius 2 is 2.00 bits per heavy atom. The SMILES string of the molecule is COc1ccc(CC2C=C(Br)CCC2=O)cc1. The van der Waals surface area contributed by atoms with Crippen LogP contribution in [0, 0.1) is 5.92 Å². The van der Waals surface area contributed by atoms with Crippen LogP contribution in [0.1, 0.15) is 18.4 Å². The van der Waals surface area contributed by atoms with Gasteiger partial charge in [0.05, 0.1) is 7.11 Å². The molecule has 1 atom stereocenters. The molecule has 0 saturated heterocycles. The number of hydrogen-bond donors (Lipinski definition) is 0. The lowest BCUT2D eigenvalue weighted by atomic mass is 9.89. The van der Waals surface area contributed by atoms with Gasteiger partial charge in [-0.2, -0.15) is 0 Å². The van der Waals surface area contributed by atoms with Gasteiger partial charge in [-0.05, 0) is 35.0 Å². The lowest BCUT2D eigenvalue weighted by Crippen LogP contribution is -2.18. The van der Waals surface area contributed by atoms with Crippen LogP contribution in [0.4, 0.5) is 0 Å². The molecule has 0 heterocycles. The summed E-state index contributed by atoms with van der Waals surface area (Å²) in [5, 5.41) is 0. The number of benzene rings is 1. The Balaban J connectivity index is 2.09. The normalized spacial score (nSPS) is 20.0. The topological polar surface area (TPSA) is 26.3 Å². The second-order valence-corrected chi connectivity index (χ2v) is 5.26. The van der Waals surface area contributed by atoms with Crippen molar-refractivity contribution in [1.82, 2.24) is 0 Å². The molecule has 1 aliphatic carbocycles. The Morgan fingerprint density at radius 3 is 2.65 bits per heavy atom. The smallest absolute Gasteiger partial charge is 0.140 e. The number of hydrogen-bond acceptors (Lipinski definition) is 2. The molecule has 0 N–H and O–H groups in total. The molecule has 0 aliphatic heterocycles. The van der Waals surface area contributed by atoms with Crippen molar-refractivity contribution in [3.63, 3.8) is 0 Å². The zero-order chi connectivity index (χ0) is 12.3. The van der Waals surface area contributed by atoms with E-state index < -0.39 is 0 Å². The van der Waals surface area contributed by atoms with E-state index in [4.69, 9.17) is 4.74 Å². The number of Topliss-reactive ketones (excluding diaryl/α,β-unsaturated/α-hetero) is 1. The molecule has 0 bridgehead atoms. The van der Waals surface area contributed by atoms with E-state index in [0.717, 1.165) is 23.1 Å². The lowest BCUT2D eigenvalue weighted by Gasteiger charge is -2.17. The Labute approximate surface area is 110 Å². The van der Waals surface area contributed by atoms with E-state index >= 15 is 0 Å². The van der Waals surface area contributed by atoms with Crippen LogP contribution < -0.4 is 4.74 Å². The molecule has 0 aromatic heterocycles. The molecule has 0 saturated carbocycles. The molecular weight excluding hydrogens is 280 g/mol. The molecule has 0 radical (unpaired) electrons. The summed E-state index contributed by atoms with van der Waals surface area (Å²) < 4.78 is 6.26. The first kappa shape index (κ1) is 12.4. The number of ether oxygens (including phenoxy) is 1. The maximum Gasteiger partial charge on any atom is 0.140 e. The summed E-state index contributed by atoms with van der Waals surface area (Å²) in [6.45, 7) is 0. The number of rotatable bonds is 3. The fourth-order valence-electron chi connectivity index (χ4n) is 2.01. The minimum Gasteiger partial charge on any atom is -0.497 e. The fraction of sp³-hybridized carbons (Fsp3) is 0.357. The van der Waals surface area contributed by atoms with E-state index in [-0.39, 0.29) is 5.92 Å². The average Bonchev–Trinajstić information content (AvgIpc) is 2.35. The van der Waals surface area contributed by atoms with E-state index in [1.54, 1.807) is 7.11 Å². The Bertz CT molecular complexity index is 434. The largest absolute Gasteiger partial charge is 0.497 e. The summed E-state index contributed by atoms with van der Waals surface area (Å²) in [5.74, 6) is 1.20. The average molecular weight is 295 g/mol. The first-order chi connectivity index (χ1) is 8.19. The molecule has 2 nitrogen and oxygen atoms in total. The van der Waals surface area contributed by atoms with Crippen molar-refractivity contribution >= 4 is 21.7 Å². The van der Waals surface area contributed by atoms with E-state index in [9.17, 15) is 4.79 Å². The van der Waals surface area contributed by atoms with Crippen LogP contribution >= 0.6 is 15.9 Å². The number of ketones is 1. The zero-order valence-corrected chi connectivity index (χ0v) is 11.4. The van der Waals surface area contributed by atoms with Crippen molar-refractivity contribution in [1.29, 1.82) is 0 Å². The predicted octanol–water partition coefficient (Wildman–Crippen LogP) is 3.50. The van der Waals surface area contributed by atoms with Crippen molar-refractivity contribution in [2.45, 2.75) is 19.3 Å². The van der Waals surface area contributed by atoms with Crippen LogP contribution in [-0.2, 0) is 11.2 Å². The number of halogens is 1.